The van der Waals surface area contributed by atoms with Crippen LogP contribution < -0.4 is 20.1 Å². The Hall–Kier alpha value is -6.42. The lowest BCUT2D eigenvalue weighted by molar-refractivity contribution is 0.171. The summed E-state index contributed by atoms with van der Waals surface area (Å²) in [6.45, 7) is 16.4. The molecule has 3 aromatic carbocycles. The third-order valence-corrected chi connectivity index (χ3v) is 9.51. The van der Waals surface area contributed by atoms with E-state index in [1.165, 1.54) is 0 Å². The maximum absolute atomic E-state index is 13.6. The van der Waals surface area contributed by atoms with Gasteiger partial charge in [0.25, 0.3) is 0 Å². The molecule has 3 aromatic heterocycles. The number of urea groups is 1. The average molecular weight is 720 g/mol. The highest BCUT2D eigenvalue weighted by atomic mass is 16.5. The van der Waals surface area contributed by atoms with Crippen molar-refractivity contribution in [3.05, 3.63) is 157 Å². The predicted octanol–water partition coefficient (Wildman–Crippen LogP) is 9.64. The van der Waals surface area contributed by atoms with Crippen LogP contribution in [0.15, 0.2) is 134 Å². The molecule has 54 heavy (non-hydrogen) atoms. The summed E-state index contributed by atoms with van der Waals surface area (Å²) in [6.07, 6.45) is 8.42. The van der Waals surface area contributed by atoms with E-state index in [9.17, 15) is 4.79 Å². The van der Waals surface area contributed by atoms with Crippen molar-refractivity contribution in [3.63, 3.8) is 0 Å². The van der Waals surface area contributed by atoms with Gasteiger partial charge in [-0.25, -0.2) is 9.48 Å². The number of hydrogen-bond donors (Lipinski definition) is 2. The van der Waals surface area contributed by atoms with Crippen LogP contribution in [-0.4, -0.2) is 37.0 Å². The molecule has 10 nitrogen and oxygen atoms in total. The van der Waals surface area contributed by atoms with Gasteiger partial charge in [-0.05, 0) is 72.9 Å². The van der Waals surface area contributed by atoms with E-state index >= 15 is 0 Å². The number of benzene rings is 3. The molecule has 274 valence electrons. The van der Waals surface area contributed by atoms with E-state index in [0.29, 0.717) is 48.2 Å². The van der Waals surface area contributed by atoms with E-state index in [0.717, 1.165) is 39.2 Å². The van der Waals surface area contributed by atoms with E-state index in [1.54, 1.807) is 16.8 Å². The van der Waals surface area contributed by atoms with E-state index in [2.05, 4.69) is 66.9 Å². The number of carbonyl (C=O) groups is 1. The first-order valence-corrected chi connectivity index (χ1v) is 18.1. The van der Waals surface area contributed by atoms with Crippen molar-refractivity contribution in [1.82, 2.24) is 29.7 Å². The molecule has 6 aromatic rings. The van der Waals surface area contributed by atoms with Gasteiger partial charge in [-0.2, -0.15) is 5.10 Å². The number of para-hydroxylation sites is 1. The fraction of sp³-hybridized carbons (Fsp3) is 0.227. The van der Waals surface area contributed by atoms with Crippen LogP contribution in [0.2, 0.25) is 0 Å². The van der Waals surface area contributed by atoms with Crippen molar-refractivity contribution in [1.29, 1.82) is 0 Å². The molecule has 1 aliphatic rings. The molecule has 0 spiro atoms. The standard InChI is InChI=1S/C44H45N7O3/c1-7-13-30(8-2)28-53-37-17-12-11-16-35(37)42-48-47-40-25-22-32(27-50(40)42)54-38-24-23-36(33-14-9-10-15-34(33)38)45-43(52)46-41-26-39(44(4,5)6)49-51(41)31-20-18-29(3)19-21-31/h7-22,25-27,36,38H,1-2,23-24,28H2,3-6H3,(H2,45,46,52)/t36-,38+/m0/s1. The highest BCUT2D eigenvalue weighted by Gasteiger charge is 2.30. The van der Waals surface area contributed by atoms with Crippen molar-refractivity contribution >= 4 is 17.5 Å². The quantitative estimate of drug-likeness (QED) is 0.129. The molecule has 0 saturated carbocycles. The maximum atomic E-state index is 13.6. The first kappa shape index (κ1) is 36.0. The first-order chi connectivity index (χ1) is 26.1. The Balaban J connectivity index is 1.09. The molecule has 10 heteroatoms. The van der Waals surface area contributed by atoms with Crippen molar-refractivity contribution in [2.24, 2.45) is 0 Å². The number of nitrogens with one attached hydrogen (secondary N) is 2. The largest absolute Gasteiger partial charge is 0.488 e. The molecule has 1 aliphatic carbocycles. The molecular formula is C44H45N7O3. The summed E-state index contributed by atoms with van der Waals surface area (Å²) < 4.78 is 16.6. The zero-order valence-corrected chi connectivity index (χ0v) is 31.1. The number of allylic oxidation sites excluding steroid dienone is 2. The number of anilines is 1. The van der Waals surface area contributed by atoms with Gasteiger partial charge >= 0.3 is 6.03 Å². The summed E-state index contributed by atoms with van der Waals surface area (Å²) in [6, 6.07) is 29.2. The monoisotopic (exact) mass is 719 g/mol. The van der Waals surface area contributed by atoms with Crippen molar-refractivity contribution in [2.45, 2.75) is 58.1 Å². The van der Waals surface area contributed by atoms with Gasteiger partial charge in [0, 0.05) is 11.5 Å². The van der Waals surface area contributed by atoms with Gasteiger partial charge in [0.15, 0.2) is 11.5 Å². The second kappa shape index (κ2) is 15.3. The Bertz CT molecular complexity index is 2350. The van der Waals surface area contributed by atoms with Gasteiger partial charge in [-0.3, -0.25) is 9.72 Å². The van der Waals surface area contributed by atoms with E-state index in [1.807, 2.05) is 102 Å². The average Bonchev–Trinajstić information content (AvgIpc) is 3.79. The number of nitrogens with zero attached hydrogens (tertiary/aromatic N) is 5. The zero-order chi connectivity index (χ0) is 37.8. The Morgan fingerprint density at radius 1 is 0.944 bits per heavy atom. The molecule has 0 radical (unpaired) electrons. The van der Waals surface area contributed by atoms with E-state index in [4.69, 9.17) is 14.6 Å². The number of carbonyl (C=O) groups excluding carboxylic acids is 1. The fourth-order valence-electron chi connectivity index (χ4n) is 6.61. The lowest BCUT2D eigenvalue weighted by atomic mass is 9.85. The fourth-order valence-corrected chi connectivity index (χ4v) is 6.61. The van der Waals surface area contributed by atoms with Gasteiger partial charge in [0.2, 0.25) is 0 Å². The van der Waals surface area contributed by atoms with Crippen LogP contribution in [0.25, 0.3) is 22.7 Å². The van der Waals surface area contributed by atoms with Crippen LogP contribution in [0.5, 0.6) is 11.5 Å². The Kier molecular flexibility index (Phi) is 10.2. The molecule has 2 N–H and O–H groups in total. The molecule has 0 unspecified atom stereocenters. The number of pyridine rings is 1. The van der Waals surface area contributed by atoms with Gasteiger partial charge in [0.05, 0.1) is 29.2 Å². The van der Waals surface area contributed by atoms with Gasteiger partial charge in [-0.1, -0.05) is 106 Å². The molecule has 2 atom stereocenters. The molecule has 0 bridgehead atoms. The van der Waals surface area contributed by atoms with Crippen LogP contribution in [0.4, 0.5) is 10.6 Å². The van der Waals surface area contributed by atoms with E-state index in [-0.39, 0.29) is 23.6 Å². The third kappa shape index (κ3) is 7.68. The van der Waals surface area contributed by atoms with Crippen molar-refractivity contribution in [3.8, 4) is 28.6 Å². The number of fused-ring (bicyclic) bond motifs is 2. The van der Waals surface area contributed by atoms with Crippen LogP contribution in [0.1, 0.15) is 68.1 Å². The number of hydrogen-bond acceptors (Lipinski definition) is 6. The van der Waals surface area contributed by atoms with Crippen molar-refractivity contribution in [2.75, 3.05) is 11.9 Å². The van der Waals surface area contributed by atoms with Gasteiger partial charge in [0.1, 0.15) is 30.0 Å². The number of rotatable bonds is 11. The molecular weight excluding hydrogens is 675 g/mol. The summed E-state index contributed by atoms with van der Waals surface area (Å²) in [7, 11) is 0. The van der Waals surface area contributed by atoms with Crippen LogP contribution >= 0.6 is 0 Å². The maximum Gasteiger partial charge on any atom is 0.320 e. The molecule has 0 saturated heterocycles. The Morgan fingerprint density at radius 2 is 1.70 bits per heavy atom. The van der Waals surface area contributed by atoms with Gasteiger partial charge in [-0.15, -0.1) is 10.2 Å². The van der Waals surface area contributed by atoms with E-state index < -0.39 is 0 Å². The van der Waals surface area contributed by atoms with Crippen molar-refractivity contribution < 1.29 is 14.3 Å². The summed E-state index contributed by atoms with van der Waals surface area (Å²) >= 11 is 0. The topological polar surface area (TPSA) is 108 Å². The number of aryl methyl sites for hydroxylation is 1. The van der Waals surface area contributed by atoms with Gasteiger partial charge < -0.3 is 14.8 Å². The number of ether oxygens (including phenoxy) is 2. The minimum atomic E-state index is -0.296. The Labute approximate surface area is 315 Å². The molecule has 3 heterocycles. The summed E-state index contributed by atoms with van der Waals surface area (Å²) in [4.78, 5) is 13.6. The minimum absolute atomic E-state index is 0.196. The first-order valence-electron chi connectivity index (χ1n) is 18.1. The third-order valence-electron chi connectivity index (χ3n) is 9.51. The predicted molar refractivity (Wildman–Crippen MR) is 213 cm³/mol. The smallest absolute Gasteiger partial charge is 0.320 e. The SMILES string of the molecule is C=CC=C(C=C)COc1ccccc1-c1nnc2ccc(O[C@@H]3CC[C@H](NC(=O)Nc4cc(C(C)(C)C)nn4-c4ccc(C)cc4)c4ccccc43)cn12. The number of amides is 2. The zero-order valence-electron chi connectivity index (χ0n) is 31.1. The summed E-state index contributed by atoms with van der Waals surface area (Å²) in [5.74, 6) is 2.59. The van der Waals surface area contributed by atoms with Crippen LogP contribution in [0.3, 0.4) is 0 Å². The highest BCUT2D eigenvalue weighted by molar-refractivity contribution is 5.89. The molecule has 7 rings (SSSR count). The number of aromatic nitrogens is 5. The highest BCUT2D eigenvalue weighted by Crippen LogP contribution is 2.39. The molecule has 2 amide bonds. The normalized spacial score (nSPS) is 15.7. The van der Waals surface area contributed by atoms with Crippen LogP contribution in [-0.2, 0) is 5.41 Å². The lowest BCUT2D eigenvalue weighted by Crippen LogP contribution is -2.36. The second-order valence-electron chi connectivity index (χ2n) is 14.5. The summed E-state index contributed by atoms with van der Waals surface area (Å²) in [5.41, 5.74) is 7.16. The van der Waals surface area contributed by atoms with Crippen LogP contribution in [0, 0.1) is 6.92 Å². The second-order valence-corrected chi connectivity index (χ2v) is 14.5. The summed E-state index contributed by atoms with van der Waals surface area (Å²) in [5, 5.41) is 20.1. The molecule has 0 aliphatic heterocycles. The Morgan fingerprint density at radius 3 is 2.46 bits per heavy atom. The molecule has 0 fully saturated rings. The lowest BCUT2D eigenvalue weighted by Gasteiger charge is -2.32. The minimum Gasteiger partial charge on any atom is -0.488 e.